The summed E-state index contributed by atoms with van der Waals surface area (Å²) in [4.78, 5) is 0. The van der Waals surface area contributed by atoms with E-state index in [1.807, 2.05) is 104 Å². The molecule has 0 radical (unpaired) electrons. The quantitative estimate of drug-likeness (QED) is 0.0674. The Morgan fingerprint density at radius 1 is 0.600 bits per heavy atom. The number of ether oxygens (including phenoxy) is 4. The summed E-state index contributed by atoms with van der Waals surface area (Å²) in [5, 5.41) is 14.0. The Morgan fingerprint density at radius 2 is 1.07 bits per heavy atom. The molecular formula is C48H56O6Si. The zero-order valence-corrected chi connectivity index (χ0v) is 33.9. The van der Waals surface area contributed by atoms with Crippen molar-refractivity contribution in [3.05, 3.63) is 162 Å². The summed E-state index contributed by atoms with van der Waals surface area (Å²) >= 11 is 0. The summed E-state index contributed by atoms with van der Waals surface area (Å²) in [6.45, 7) is 10.4. The van der Waals surface area contributed by atoms with E-state index in [2.05, 4.69) is 81.1 Å². The maximum atomic E-state index is 11.7. The fourth-order valence-electron chi connectivity index (χ4n) is 6.74. The first-order valence-corrected chi connectivity index (χ1v) is 21.1. The Kier molecular flexibility index (Phi) is 15.9. The van der Waals surface area contributed by atoms with Crippen LogP contribution >= 0.6 is 0 Å². The molecule has 5 aromatic rings. The number of methoxy groups -OCH3 is 1. The normalized spacial score (nSPS) is 13.9. The lowest BCUT2D eigenvalue weighted by Crippen LogP contribution is -2.66. The summed E-state index contributed by atoms with van der Waals surface area (Å²) in [7, 11) is -1.13. The van der Waals surface area contributed by atoms with Gasteiger partial charge in [0.05, 0.1) is 39.1 Å². The van der Waals surface area contributed by atoms with E-state index >= 15 is 0 Å². The average molecular weight is 757 g/mol. The molecule has 1 N–H and O–H groups in total. The summed E-state index contributed by atoms with van der Waals surface area (Å²) in [6, 6.07) is 49.1. The predicted molar refractivity (Wildman–Crippen MR) is 224 cm³/mol. The van der Waals surface area contributed by atoms with Crippen molar-refractivity contribution in [1.29, 1.82) is 0 Å². The minimum atomic E-state index is -2.79. The zero-order chi connectivity index (χ0) is 38.9. The van der Waals surface area contributed by atoms with Gasteiger partial charge in [-0.1, -0.05) is 166 Å². The third kappa shape index (κ3) is 12.2. The molecule has 0 fully saturated rings. The van der Waals surface area contributed by atoms with E-state index in [1.54, 1.807) is 7.11 Å². The predicted octanol–water partition coefficient (Wildman–Crippen LogP) is 8.49. The maximum absolute atomic E-state index is 11.7. The van der Waals surface area contributed by atoms with Crippen LogP contribution in [0, 0.1) is 11.8 Å². The van der Waals surface area contributed by atoms with Gasteiger partial charge in [0.15, 0.2) is 0 Å². The first-order chi connectivity index (χ1) is 26.7. The maximum Gasteiger partial charge on any atom is 0.261 e. The van der Waals surface area contributed by atoms with Gasteiger partial charge in [0.2, 0.25) is 0 Å². The van der Waals surface area contributed by atoms with Crippen LogP contribution in [0.1, 0.15) is 57.2 Å². The molecule has 0 aliphatic heterocycles. The summed E-state index contributed by atoms with van der Waals surface area (Å²) in [5.41, 5.74) is 3.12. The highest BCUT2D eigenvalue weighted by atomic mass is 28.4. The zero-order valence-electron chi connectivity index (χ0n) is 32.9. The summed E-state index contributed by atoms with van der Waals surface area (Å²) < 4.78 is 31.5. The molecule has 0 bridgehead atoms. The van der Waals surface area contributed by atoms with Crippen LogP contribution in [0.5, 0.6) is 5.75 Å². The number of aliphatic hydroxyl groups excluding tert-OH is 1. The van der Waals surface area contributed by atoms with Crippen LogP contribution < -0.4 is 15.1 Å². The smallest absolute Gasteiger partial charge is 0.261 e. The molecule has 7 heteroatoms. The molecule has 4 atom stereocenters. The lowest BCUT2D eigenvalue weighted by atomic mass is 10.1. The molecular weight excluding hydrogens is 701 g/mol. The van der Waals surface area contributed by atoms with Gasteiger partial charge < -0.3 is 28.5 Å². The van der Waals surface area contributed by atoms with Gasteiger partial charge in [0, 0.05) is 13.0 Å². The topological polar surface area (TPSA) is 66.4 Å². The Bertz CT molecular complexity index is 1830. The van der Waals surface area contributed by atoms with E-state index in [-0.39, 0.29) is 11.1 Å². The van der Waals surface area contributed by atoms with Crippen molar-refractivity contribution in [1.82, 2.24) is 0 Å². The lowest BCUT2D eigenvalue weighted by molar-refractivity contribution is -0.0340. The highest BCUT2D eigenvalue weighted by Crippen LogP contribution is 2.37. The minimum Gasteiger partial charge on any atom is -0.497 e. The monoisotopic (exact) mass is 756 g/mol. The fraction of sp³-hybridized carbons (Fsp3) is 0.333. The van der Waals surface area contributed by atoms with Crippen LogP contribution in [0.4, 0.5) is 0 Å². The van der Waals surface area contributed by atoms with Crippen molar-refractivity contribution in [3.8, 4) is 17.6 Å². The van der Waals surface area contributed by atoms with Gasteiger partial charge in [-0.3, -0.25) is 0 Å². The van der Waals surface area contributed by atoms with Gasteiger partial charge in [-0.15, -0.1) is 0 Å². The molecule has 0 saturated heterocycles. The Morgan fingerprint density at radius 3 is 1.58 bits per heavy atom. The molecule has 6 nitrogen and oxygen atoms in total. The SMILES string of the molecule is COc1ccc(CO[C@H](C)C[C@@H](C#C[C@H](O)[C@H](CCO[Si](c2ccccc2)(c2ccccc2)C(C)(C)C)OCc2ccccc2)OCc2ccccc2)cc1. The highest BCUT2D eigenvalue weighted by molar-refractivity contribution is 6.99. The molecule has 55 heavy (non-hydrogen) atoms. The fourth-order valence-corrected chi connectivity index (χ4v) is 11.3. The van der Waals surface area contributed by atoms with Gasteiger partial charge in [0.25, 0.3) is 8.32 Å². The number of rotatable bonds is 19. The standard InChI is InChI=1S/C48H56O6Si/c1-38(51-35-41-26-28-42(50-5)29-27-41)34-43(52-36-39-18-10-6-11-19-39)30-31-46(49)47(53-37-40-20-12-7-13-21-40)32-33-54-55(48(2,3)4,44-22-14-8-15-23-44)45-24-16-9-17-25-45/h6-29,38,43,46-47,49H,32-37H2,1-5H3/t38-,43-,46+,47+/m1/s1. The third-order valence-corrected chi connectivity index (χ3v) is 14.8. The van der Waals surface area contributed by atoms with Crippen molar-refractivity contribution in [2.24, 2.45) is 0 Å². The van der Waals surface area contributed by atoms with Gasteiger partial charge in [0.1, 0.15) is 18.0 Å². The molecule has 0 unspecified atom stereocenters. The molecule has 0 amide bonds. The van der Waals surface area contributed by atoms with Crippen LogP contribution in [0.2, 0.25) is 5.04 Å². The first-order valence-electron chi connectivity index (χ1n) is 19.2. The number of aliphatic hydroxyl groups is 1. The molecule has 288 valence electrons. The molecule has 0 saturated carbocycles. The van der Waals surface area contributed by atoms with Crippen LogP contribution in [-0.4, -0.2) is 51.6 Å². The first kappa shape index (κ1) is 41.6. The molecule has 0 aromatic heterocycles. The van der Waals surface area contributed by atoms with Gasteiger partial charge in [-0.25, -0.2) is 0 Å². The van der Waals surface area contributed by atoms with Gasteiger partial charge in [-0.05, 0) is 57.6 Å². The van der Waals surface area contributed by atoms with Crippen LogP contribution in [-0.2, 0) is 38.5 Å². The van der Waals surface area contributed by atoms with Crippen LogP contribution in [0.15, 0.2) is 146 Å². The van der Waals surface area contributed by atoms with Crippen molar-refractivity contribution in [2.45, 2.75) is 89.8 Å². The van der Waals surface area contributed by atoms with E-state index in [0.717, 1.165) is 22.4 Å². The van der Waals surface area contributed by atoms with Gasteiger partial charge >= 0.3 is 0 Å². The molecule has 0 heterocycles. The van der Waals surface area contributed by atoms with Crippen LogP contribution in [0.25, 0.3) is 0 Å². The lowest BCUT2D eigenvalue weighted by Gasteiger charge is -2.43. The second-order valence-corrected chi connectivity index (χ2v) is 19.2. The van der Waals surface area contributed by atoms with E-state index in [4.69, 9.17) is 23.4 Å². The van der Waals surface area contributed by atoms with E-state index in [9.17, 15) is 5.11 Å². The van der Waals surface area contributed by atoms with E-state index in [1.165, 1.54) is 10.4 Å². The van der Waals surface area contributed by atoms with Crippen LogP contribution in [0.3, 0.4) is 0 Å². The van der Waals surface area contributed by atoms with E-state index in [0.29, 0.717) is 39.3 Å². The Labute approximate surface area is 329 Å². The molecule has 0 aliphatic carbocycles. The van der Waals surface area contributed by atoms with Crippen molar-refractivity contribution in [3.63, 3.8) is 0 Å². The Hall–Kier alpha value is -4.52. The average Bonchev–Trinajstić information content (AvgIpc) is 3.22. The number of benzene rings is 5. The van der Waals surface area contributed by atoms with E-state index < -0.39 is 26.6 Å². The number of hydrogen-bond donors (Lipinski definition) is 1. The minimum absolute atomic E-state index is 0.153. The van der Waals surface area contributed by atoms with Crippen molar-refractivity contribution in [2.75, 3.05) is 13.7 Å². The number of hydrogen-bond acceptors (Lipinski definition) is 6. The van der Waals surface area contributed by atoms with Crippen molar-refractivity contribution >= 4 is 18.7 Å². The summed E-state index contributed by atoms with van der Waals surface area (Å²) in [5.74, 6) is 7.20. The molecule has 0 aliphatic rings. The molecule has 5 rings (SSSR count). The van der Waals surface area contributed by atoms with Gasteiger partial charge in [-0.2, -0.15) is 0 Å². The molecule has 5 aromatic carbocycles. The second kappa shape index (κ2) is 21.0. The largest absolute Gasteiger partial charge is 0.497 e. The summed E-state index contributed by atoms with van der Waals surface area (Å²) in [6.07, 6.45) is -1.35. The second-order valence-electron chi connectivity index (χ2n) is 14.9. The Balaban J connectivity index is 1.35. The van der Waals surface area contributed by atoms with Crippen molar-refractivity contribution < 1.29 is 28.5 Å². The third-order valence-electron chi connectivity index (χ3n) is 9.72. The molecule has 0 spiro atoms. The highest BCUT2D eigenvalue weighted by Gasteiger charge is 2.50.